The molecule has 1 atom stereocenters. The maximum absolute atomic E-state index is 14.0. The number of hydrogen-bond donors (Lipinski definition) is 1. The molecule has 2 fully saturated rings. The maximum atomic E-state index is 14.0. The van der Waals surface area contributed by atoms with E-state index in [0.29, 0.717) is 45.7 Å². The van der Waals surface area contributed by atoms with Crippen LogP contribution in [-0.2, 0) is 28.0 Å². The van der Waals surface area contributed by atoms with E-state index in [2.05, 4.69) is 20.1 Å². The molecular formula is C21H26FN5O2. The summed E-state index contributed by atoms with van der Waals surface area (Å²) in [6.45, 7) is 3.76. The minimum atomic E-state index is -0.738. The normalized spacial score (nSPS) is 23.8. The molecule has 8 heteroatoms. The highest BCUT2D eigenvalue weighted by atomic mass is 19.1. The van der Waals surface area contributed by atoms with Gasteiger partial charge in [0.15, 0.2) is 5.82 Å². The van der Waals surface area contributed by atoms with Gasteiger partial charge in [-0.15, -0.1) is 10.2 Å². The van der Waals surface area contributed by atoms with Crippen molar-refractivity contribution in [3.8, 4) is 0 Å². The van der Waals surface area contributed by atoms with Crippen molar-refractivity contribution in [2.75, 3.05) is 26.3 Å². The molecule has 3 aliphatic rings. The van der Waals surface area contributed by atoms with E-state index >= 15 is 0 Å². The fraction of sp³-hybridized carbons (Fsp3) is 0.571. The first-order valence-electron chi connectivity index (χ1n) is 10.5. The van der Waals surface area contributed by atoms with Gasteiger partial charge in [-0.3, -0.25) is 4.79 Å². The van der Waals surface area contributed by atoms with Gasteiger partial charge in [0.2, 0.25) is 5.91 Å². The predicted molar refractivity (Wildman–Crippen MR) is 104 cm³/mol. The van der Waals surface area contributed by atoms with Gasteiger partial charge in [0.05, 0.1) is 18.0 Å². The highest BCUT2D eigenvalue weighted by Gasteiger charge is 2.45. The molecule has 2 aromatic rings. The molecule has 29 heavy (non-hydrogen) atoms. The number of hydrogen-bond acceptors (Lipinski definition) is 5. The summed E-state index contributed by atoms with van der Waals surface area (Å²) in [5.74, 6) is 1.54. The lowest BCUT2D eigenvalue weighted by molar-refractivity contribution is -0.143. The quantitative estimate of drug-likeness (QED) is 0.854. The molecule has 0 radical (unpaired) electrons. The van der Waals surface area contributed by atoms with Crippen LogP contribution in [0.5, 0.6) is 0 Å². The molecule has 2 saturated heterocycles. The first kappa shape index (κ1) is 18.7. The Balaban J connectivity index is 1.42. The van der Waals surface area contributed by atoms with E-state index < -0.39 is 5.41 Å². The summed E-state index contributed by atoms with van der Waals surface area (Å²) in [6.07, 6.45) is 3.35. The standard InChI is InChI=1S/C21H26FN5O2/c22-16-4-1-3-15(13-16)21(6-11-29-12-7-21)20(28)26-9-10-27-18(14-26)24-25-19(27)17-5-2-8-23-17/h1,3-4,13,17,23H,2,5-12,14H2. The van der Waals surface area contributed by atoms with Crippen molar-refractivity contribution >= 4 is 5.91 Å². The number of carbonyl (C=O) groups excluding carboxylic acids is 1. The average Bonchev–Trinajstić information content (AvgIpc) is 3.43. The molecular weight excluding hydrogens is 373 g/mol. The molecule has 7 nitrogen and oxygen atoms in total. The summed E-state index contributed by atoms with van der Waals surface area (Å²) in [6, 6.07) is 6.72. The van der Waals surface area contributed by atoms with Crippen LogP contribution in [0.1, 0.15) is 48.9 Å². The minimum Gasteiger partial charge on any atom is -0.381 e. The third kappa shape index (κ3) is 3.24. The van der Waals surface area contributed by atoms with Crippen LogP contribution in [-0.4, -0.2) is 51.9 Å². The lowest BCUT2D eigenvalue weighted by Crippen LogP contribution is -2.52. The molecule has 0 bridgehead atoms. The number of nitrogens with zero attached hydrogens (tertiary/aromatic N) is 4. The number of fused-ring (bicyclic) bond motifs is 1. The second kappa shape index (κ2) is 7.50. The van der Waals surface area contributed by atoms with E-state index in [1.165, 1.54) is 12.1 Å². The van der Waals surface area contributed by atoms with Gasteiger partial charge in [-0.2, -0.15) is 0 Å². The Labute approximate surface area is 169 Å². The third-order valence-corrected chi connectivity index (χ3v) is 6.57. The zero-order valence-corrected chi connectivity index (χ0v) is 16.4. The minimum absolute atomic E-state index is 0.0428. The Bertz CT molecular complexity index is 902. The fourth-order valence-corrected chi connectivity index (χ4v) is 4.95. The summed E-state index contributed by atoms with van der Waals surface area (Å²) >= 11 is 0. The van der Waals surface area contributed by atoms with Crippen LogP contribution in [0.15, 0.2) is 24.3 Å². The van der Waals surface area contributed by atoms with Crippen molar-refractivity contribution in [1.29, 1.82) is 0 Å². The lowest BCUT2D eigenvalue weighted by Gasteiger charge is -2.41. The van der Waals surface area contributed by atoms with Crippen molar-refractivity contribution < 1.29 is 13.9 Å². The van der Waals surface area contributed by atoms with Gasteiger partial charge in [0, 0.05) is 26.3 Å². The first-order chi connectivity index (χ1) is 14.2. The van der Waals surface area contributed by atoms with Gasteiger partial charge in [0.25, 0.3) is 0 Å². The van der Waals surface area contributed by atoms with E-state index in [-0.39, 0.29) is 17.8 Å². The van der Waals surface area contributed by atoms with Gasteiger partial charge in [-0.05, 0) is 49.9 Å². The monoisotopic (exact) mass is 399 g/mol. The zero-order valence-electron chi connectivity index (χ0n) is 16.4. The predicted octanol–water partition coefficient (Wildman–Crippen LogP) is 1.93. The number of aromatic nitrogens is 3. The second-order valence-corrected chi connectivity index (χ2v) is 8.21. The molecule has 5 rings (SSSR count). The van der Waals surface area contributed by atoms with Crippen LogP contribution < -0.4 is 5.32 Å². The number of amides is 1. The van der Waals surface area contributed by atoms with Gasteiger partial charge in [0.1, 0.15) is 11.6 Å². The van der Waals surface area contributed by atoms with E-state index in [9.17, 15) is 9.18 Å². The van der Waals surface area contributed by atoms with Crippen molar-refractivity contribution in [1.82, 2.24) is 25.0 Å². The first-order valence-corrected chi connectivity index (χ1v) is 10.5. The van der Waals surface area contributed by atoms with Crippen molar-refractivity contribution in [3.63, 3.8) is 0 Å². The molecule has 1 amide bonds. The average molecular weight is 399 g/mol. The SMILES string of the molecule is O=C(N1CCn2c(nnc2C2CCCN2)C1)C1(c2cccc(F)c2)CCOCC1. The van der Waals surface area contributed by atoms with Gasteiger partial charge in [-0.25, -0.2) is 4.39 Å². The third-order valence-electron chi connectivity index (χ3n) is 6.57. The number of benzene rings is 1. The van der Waals surface area contributed by atoms with E-state index in [4.69, 9.17) is 4.74 Å². The molecule has 1 aromatic carbocycles. The Morgan fingerprint density at radius 1 is 1.24 bits per heavy atom. The Morgan fingerprint density at radius 3 is 2.86 bits per heavy atom. The molecule has 1 N–H and O–H groups in total. The summed E-state index contributed by atoms with van der Waals surface area (Å²) in [4.78, 5) is 15.6. The fourth-order valence-electron chi connectivity index (χ4n) is 4.95. The molecule has 1 unspecified atom stereocenters. The Kier molecular flexibility index (Phi) is 4.83. The molecule has 1 aromatic heterocycles. The summed E-state index contributed by atoms with van der Waals surface area (Å²) in [5.41, 5.74) is 0.00643. The van der Waals surface area contributed by atoms with Gasteiger partial charge in [-0.1, -0.05) is 12.1 Å². The van der Waals surface area contributed by atoms with Crippen LogP contribution in [0.4, 0.5) is 4.39 Å². The van der Waals surface area contributed by atoms with Crippen LogP contribution in [0.3, 0.4) is 0 Å². The van der Waals surface area contributed by atoms with Crippen LogP contribution in [0.25, 0.3) is 0 Å². The van der Waals surface area contributed by atoms with Crippen molar-refractivity contribution in [2.24, 2.45) is 0 Å². The van der Waals surface area contributed by atoms with Crippen LogP contribution in [0, 0.1) is 5.82 Å². The number of rotatable bonds is 3. The summed E-state index contributed by atoms with van der Waals surface area (Å²) < 4.78 is 21.7. The molecule has 0 spiro atoms. The summed E-state index contributed by atoms with van der Waals surface area (Å²) in [7, 11) is 0. The molecule has 154 valence electrons. The van der Waals surface area contributed by atoms with Crippen LogP contribution >= 0.6 is 0 Å². The van der Waals surface area contributed by atoms with Gasteiger partial charge < -0.3 is 19.5 Å². The number of nitrogens with one attached hydrogen (secondary N) is 1. The Hall–Kier alpha value is -2.32. The van der Waals surface area contributed by atoms with E-state index in [0.717, 1.165) is 36.6 Å². The molecule has 0 saturated carbocycles. The highest BCUT2D eigenvalue weighted by Crippen LogP contribution is 2.38. The van der Waals surface area contributed by atoms with Crippen molar-refractivity contribution in [2.45, 2.75) is 50.2 Å². The molecule has 3 aliphatic heterocycles. The maximum Gasteiger partial charge on any atom is 0.233 e. The lowest BCUT2D eigenvalue weighted by atomic mass is 9.73. The molecule has 4 heterocycles. The highest BCUT2D eigenvalue weighted by molar-refractivity contribution is 5.88. The van der Waals surface area contributed by atoms with E-state index in [1.807, 2.05) is 11.0 Å². The van der Waals surface area contributed by atoms with Crippen LogP contribution in [0.2, 0.25) is 0 Å². The largest absolute Gasteiger partial charge is 0.381 e. The van der Waals surface area contributed by atoms with Gasteiger partial charge >= 0.3 is 0 Å². The topological polar surface area (TPSA) is 72.3 Å². The smallest absolute Gasteiger partial charge is 0.233 e. The Morgan fingerprint density at radius 2 is 2.10 bits per heavy atom. The molecule has 0 aliphatic carbocycles. The zero-order chi connectivity index (χ0) is 19.8. The number of halogens is 1. The number of carbonyl (C=O) groups is 1. The van der Waals surface area contributed by atoms with Crippen molar-refractivity contribution in [3.05, 3.63) is 47.3 Å². The van der Waals surface area contributed by atoms with E-state index in [1.54, 1.807) is 6.07 Å². The second-order valence-electron chi connectivity index (χ2n) is 8.21. The summed E-state index contributed by atoms with van der Waals surface area (Å²) in [5, 5.41) is 12.3. The number of ether oxygens (including phenoxy) is 1.